The predicted octanol–water partition coefficient (Wildman–Crippen LogP) is 3.43. The van der Waals surface area contributed by atoms with Crippen LogP contribution >= 0.6 is 0 Å². The summed E-state index contributed by atoms with van der Waals surface area (Å²) in [5, 5.41) is 9.46. The number of aromatic hydroxyl groups is 1. The number of benzene rings is 1. The zero-order valence-electron chi connectivity index (χ0n) is 16.5. The number of ether oxygens (including phenoxy) is 1. The highest BCUT2D eigenvalue weighted by Crippen LogP contribution is 2.43. The predicted molar refractivity (Wildman–Crippen MR) is 111 cm³/mol. The van der Waals surface area contributed by atoms with Gasteiger partial charge < -0.3 is 19.3 Å². The molecule has 3 aliphatic rings. The summed E-state index contributed by atoms with van der Waals surface area (Å²) in [4.78, 5) is 20.0. The molecule has 0 bridgehead atoms. The molecule has 29 heavy (non-hydrogen) atoms. The lowest BCUT2D eigenvalue weighted by Crippen LogP contribution is -2.47. The summed E-state index contributed by atoms with van der Waals surface area (Å²) in [6, 6.07) is 10.7. The molecule has 0 saturated carbocycles. The van der Waals surface area contributed by atoms with Crippen LogP contribution in [0.5, 0.6) is 5.75 Å². The van der Waals surface area contributed by atoms with Crippen LogP contribution in [0.3, 0.4) is 0 Å². The maximum Gasteiger partial charge on any atom is 0.253 e. The molecule has 5 rings (SSSR count). The molecule has 1 spiro atoms. The van der Waals surface area contributed by atoms with Gasteiger partial charge in [0, 0.05) is 38.4 Å². The van der Waals surface area contributed by atoms with Gasteiger partial charge in [-0.3, -0.25) is 9.79 Å². The fraction of sp³-hybridized carbons (Fsp3) is 0.391. The van der Waals surface area contributed by atoms with E-state index in [9.17, 15) is 9.90 Å². The topological polar surface area (TPSA) is 67.1 Å². The Balaban J connectivity index is 1.41. The molecule has 3 heterocycles. The molecule has 1 atom stereocenters. The van der Waals surface area contributed by atoms with Gasteiger partial charge in [-0.05, 0) is 55.7 Å². The van der Waals surface area contributed by atoms with Crippen LogP contribution in [-0.2, 0) is 10.3 Å². The largest absolute Gasteiger partial charge is 0.508 e. The Hall–Kier alpha value is -2.86. The van der Waals surface area contributed by atoms with Crippen molar-refractivity contribution < 1.29 is 14.6 Å². The van der Waals surface area contributed by atoms with E-state index >= 15 is 0 Å². The van der Waals surface area contributed by atoms with Gasteiger partial charge in [0.05, 0.1) is 23.2 Å². The SMILES string of the molecule is COC1CC=C2C(=NC3(CCN(C(=O)c4ccc(O)cc4)CC3)c3cccn32)C1. The van der Waals surface area contributed by atoms with Crippen molar-refractivity contribution in [3.05, 3.63) is 59.9 Å². The molecule has 1 N–H and O–H groups in total. The Bertz CT molecular complexity index is 995. The number of amides is 1. The summed E-state index contributed by atoms with van der Waals surface area (Å²) in [5.74, 6) is 0.181. The van der Waals surface area contributed by atoms with Gasteiger partial charge in [-0.2, -0.15) is 0 Å². The highest BCUT2D eigenvalue weighted by Gasteiger charge is 2.43. The van der Waals surface area contributed by atoms with Crippen LogP contribution in [0.2, 0.25) is 0 Å². The van der Waals surface area contributed by atoms with Gasteiger partial charge in [0.2, 0.25) is 0 Å². The summed E-state index contributed by atoms with van der Waals surface area (Å²) in [6.07, 6.45) is 7.88. The number of aliphatic imine (C=N–C) groups is 1. The molecule has 1 aromatic heterocycles. The van der Waals surface area contributed by atoms with Crippen LogP contribution in [0, 0.1) is 0 Å². The number of hydrogen-bond acceptors (Lipinski definition) is 4. The third kappa shape index (κ3) is 2.99. The van der Waals surface area contributed by atoms with Crippen LogP contribution in [0.1, 0.15) is 41.7 Å². The van der Waals surface area contributed by atoms with Gasteiger partial charge in [-0.1, -0.05) is 6.08 Å². The quantitative estimate of drug-likeness (QED) is 0.853. The fourth-order valence-electron chi connectivity index (χ4n) is 4.80. The van der Waals surface area contributed by atoms with E-state index in [4.69, 9.17) is 9.73 Å². The molecule has 1 aliphatic carbocycles. The third-order valence-electron chi connectivity index (χ3n) is 6.45. The first-order valence-electron chi connectivity index (χ1n) is 10.2. The molecule has 2 aliphatic heterocycles. The number of carbonyl (C=O) groups excluding carboxylic acids is 1. The lowest BCUT2D eigenvalue weighted by Gasteiger charge is -2.43. The van der Waals surface area contributed by atoms with Crippen molar-refractivity contribution in [3.63, 3.8) is 0 Å². The molecular weight excluding hydrogens is 366 g/mol. The molecule has 6 nitrogen and oxygen atoms in total. The fourth-order valence-corrected chi connectivity index (χ4v) is 4.80. The average molecular weight is 391 g/mol. The number of phenols is 1. The van der Waals surface area contributed by atoms with E-state index in [2.05, 4.69) is 29.0 Å². The van der Waals surface area contributed by atoms with Crippen LogP contribution in [0.15, 0.2) is 53.7 Å². The van der Waals surface area contributed by atoms with Crippen molar-refractivity contribution in [2.24, 2.45) is 4.99 Å². The maximum atomic E-state index is 12.9. The number of likely N-dealkylation sites (tertiary alicyclic amines) is 1. The normalized spacial score (nSPS) is 22.5. The van der Waals surface area contributed by atoms with E-state index in [1.165, 1.54) is 11.4 Å². The van der Waals surface area contributed by atoms with Crippen LogP contribution in [0.4, 0.5) is 0 Å². The van der Waals surface area contributed by atoms with Crippen molar-refractivity contribution in [2.45, 2.75) is 37.3 Å². The number of hydrogen-bond donors (Lipinski definition) is 1. The van der Waals surface area contributed by atoms with Gasteiger partial charge in [-0.25, -0.2) is 0 Å². The van der Waals surface area contributed by atoms with Gasteiger partial charge in [-0.15, -0.1) is 0 Å². The number of piperidine rings is 1. The summed E-state index contributed by atoms with van der Waals surface area (Å²) in [6.45, 7) is 1.32. The molecule has 1 aromatic carbocycles. The zero-order valence-corrected chi connectivity index (χ0v) is 16.5. The number of fused-ring (bicyclic) bond motifs is 4. The molecule has 6 heteroatoms. The smallest absolute Gasteiger partial charge is 0.253 e. The van der Waals surface area contributed by atoms with Crippen LogP contribution in [-0.4, -0.2) is 52.5 Å². The molecular formula is C23H25N3O3. The highest BCUT2D eigenvalue weighted by atomic mass is 16.5. The minimum atomic E-state index is -0.280. The lowest BCUT2D eigenvalue weighted by molar-refractivity contribution is 0.0665. The second kappa shape index (κ2) is 6.88. The second-order valence-electron chi connectivity index (χ2n) is 8.08. The Kier molecular flexibility index (Phi) is 4.32. The van der Waals surface area contributed by atoms with E-state index in [0.29, 0.717) is 18.7 Å². The average Bonchev–Trinajstić information content (AvgIpc) is 3.25. The molecule has 1 fully saturated rings. The van der Waals surface area contributed by atoms with E-state index in [0.717, 1.165) is 31.4 Å². The summed E-state index contributed by atoms with van der Waals surface area (Å²) >= 11 is 0. The number of aromatic nitrogens is 1. The molecule has 1 amide bonds. The molecule has 150 valence electrons. The summed E-state index contributed by atoms with van der Waals surface area (Å²) < 4.78 is 7.87. The van der Waals surface area contributed by atoms with Crippen molar-refractivity contribution in [2.75, 3.05) is 20.2 Å². The summed E-state index contributed by atoms with van der Waals surface area (Å²) in [7, 11) is 1.76. The number of carbonyl (C=O) groups is 1. The standard InChI is InChI=1S/C23H25N3O3/c1-29-18-8-9-20-19(15-18)24-23(21-3-2-12-26(20)21)10-13-25(14-11-23)22(28)16-4-6-17(27)7-5-16/h2-7,9,12,18,27H,8,10-11,13-15H2,1H3. The Morgan fingerprint density at radius 2 is 1.97 bits per heavy atom. The Labute approximate surface area is 170 Å². The van der Waals surface area contributed by atoms with Crippen molar-refractivity contribution in [1.82, 2.24) is 9.47 Å². The first-order valence-corrected chi connectivity index (χ1v) is 10.2. The van der Waals surface area contributed by atoms with Gasteiger partial charge >= 0.3 is 0 Å². The zero-order chi connectivity index (χ0) is 20.0. The number of allylic oxidation sites excluding steroid dienone is 1. The van der Waals surface area contributed by atoms with E-state index in [1.54, 1.807) is 31.4 Å². The Morgan fingerprint density at radius 3 is 2.69 bits per heavy atom. The minimum Gasteiger partial charge on any atom is -0.508 e. The highest BCUT2D eigenvalue weighted by molar-refractivity contribution is 6.20. The van der Waals surface area contributed by atoms with Crippen LogP contribution < -0.4 is 0 Å². The summed E-state index contributed by atoms with van der Waals surface area (Å²) in [5.41, 5.74) is 3.85. The number of phenolic OH excluding ortho intramolecular Hbond substituents is 1. The lowest BCUT2D eigenvalue weighted by atomic mass is 9.82. The monoisotopic (exact) mass is 391 g/mol. The molecule has 2 aromatic rings. The number of rotatable bonds is 2. The van der Waals surface area contributed by atoms with Crippen molar-refractivity contribution in [3.8, 4) is 5.75 Å². The molecule has 0 radical (unpaired) electrons. The van der Waals surface area contributed by atoms with Gasteiger partial charge in [0.25, 0.3) is 5.91 Å². The van der Waals surface area contributed by atoms with E-state index < -0.39 is 0 Å². The van der Waals surface area contributed by atoms with Crippen molar-refractivity contribution in [1.29, 1.82) is 0 Å². The minimum absolute atomic E-state index is 0.0105. The van der Waals surface area contributed by atoms with E-state index in [1.807, 2.05) is 4.90 Å². The first-order chi connectivity index (χ1) is 14.1. The van der Waals surface area contributed by atoms with Gasteiger partial charge in [0.1, 0.15) is 11.3 Å². The van der Waals surface area contributed by atoms with Crippen LogP contribution in [0.25, 0.3) is 5.70 Å². The maximum absolute atomic E-state index is 12.9. The van der Waals surface area contributed by atoms with Gasteiger partial charge in [0.15, 0.2) is 0 Å². The number of nitrogens with zero attached hydrogens (tertiary/aromatic N) is 3. The number of methoxy groups -OCH3 is 1. The molecule has 1 unspecified atom stereocenters. The van der Waals surface area contributed by atoms with E-state index in [-0.39, 0.29) is 23.3 Å². The third-order valence-corrected chi connectivity index (χ3v) is 6.45. The Morgan fingerprint density at radius 1 is 1.21 bits per heavy atom. The second-order valence-corrected chi connectivity index (χ2v) is 8.08. The van der Waals surface area contributed by atoms with Crippen molar-refractivity contribution >= 4 is 17.3 Å². The first kappa shape index (κ1) is 18.2. The molecule has 1 saturated heterocycles.